The molecule has 0 spiro atoms. The third-order valence-electron chi connectivity index (χ3n) is 3.39. The van der Waals surface area contributed by atoms with Crippen LogP contribution in [0.3, 0.4) is 0 Å². The molecule has 0 radical (unpaired) electrons. The van der Waals surface area contributed by atoms with Crippen molar-refractivity contribution in [1.82, 2.24) is 20.2 Å². The molecule has 2 aromatic rings. The van der Waals surface area contributed by atoms with Gasteiger partial charge in [-0.05, 0) is 34.4 Å². The van der Waals surface area contributed by atoms with Gasteiger partial charge in [0.1, 0.15) is 0 Å². The third kappa shape index (κ3) is 3.83. The zero-order valence-corrected chi connectivity index (χ0v) is 13.8. The molecular weight excluding hydrogens is 282 g/mol. The van der Waals surface area contributed by atoms with Gasteiger partial charge in [0.25, 0.3) is 0 Å². The molecule has 1 aromatic heterocycles. The predicted octanol–water partition coefficient (Wildman–Crippen LogP) is 2.91. The van der Waals surface area contributed by atoms with Crippen molar-refractivity contribution in [3.05, 3.63) is 30.3 Å². The molecule has 1 heterocycles. The molecule has 6 heteroatoms. The molecule has 0 aliphatic rings. The Hall–Kier alpha value is -1.40. The number of benzene rings is 1. The molecule has 0 aliphatic carbocycles. The van der Waals surface area contributed by atoms with E-state index < -0.39 is 0 Å². The Balaban J connectivity index is 2.29. The van der Waals surface area contributed by atoms with Crippen molar-refractivity contribution >= 4 is 11.8 Å². The molecule has 5 nitrogen and oxygen atoms in total. The number of hydrogen-bond acceptors (Lipinski definition) is 5. The van der Waals surface area contributed by atoms with E-state index in [1.807, 2.05) is 30.3 Å². The van der Waals surface area contributed by atoms with Crippen LogP contribution in [0.25, 0.3) is 5.69 Å². The molecule has 0 saturated carbocycles. The zero-order valence-electron chi connectivity index (χ0n) is 13.0. The van der Waals surface area contributed by atoms with Crippen LogP contribution in [0.2, 0.25) is 0 Å². The quantitative estimate of drug-likeness (QED) is 0.860. The van der Waals surface area contributed by atoms with Crippen molar-refractivity contribution in [2.24, 2.45) is 11.1 Å². The van der Waals surface area contributed by atoms with Crippen LogP contribution in [0.1, 0.15) is 34.1 Å². The summed E-state index contributed by atoms with van der Waals surface area (Å²) in [5.74, 6) is 0. The van der Waals surface area contributed by atoms with Crippen LogP contribution in [-0.2, 0) is 0 Å². The summed E-state index contributed by atoms with van der Waals surface area (Å²) in [5.41, 5.74) is 7.35. The maximum atomic E-state index is 6.31. The van der Waals surface area contributed by atoms with Crippen LogP contribution in [0.15, 0.2) is 35.5 Å². The van der Waals surface area contributed by atoms with Crippen LogP contribution in [0.5, 0.6) is 0 Å². The van der Waals surface area contributed by atoms with E-state index >= 15 is 0 Å². The number of para-hydroxylation sites is 1. The molecule has 114 valence electrons. The first-order chi connectivity index (χ1) is 9.93. The molecular formula is C15H23N5S. The second kappa shape index (κ2) is 6.58. The number of nitrogens with two attached hydrogens (primary N) is 1. The van der Waals surface area contributed by atoms with Gasteiger partial charge in [-0.25, -0.2) is 0 Å². The predicted molar refractivity (Wildman–Crippen MR) is 86.5 cm³/mol. The molecule has 1 aromatic carbocycles. The smallest absolute Gasteiger partial charge is 0.214 e. The van der Waals surface area contributed by atoms with E-state index in [1.165, 1.54) is 0 Å². The summed E-state index contributed by atoms with van der Waals surface area (Å²) in [5, 5.41) is 13.1. The average Bonchev–Trinajstić information content (AvgIpc) is 2.92. The van der Waals surface area contributed by atoms with Gasteiger partial charge in [-0.1, -0.05) is 57.7 Å². The highest BCUT2D eigenvalue weighted by molar-refractivity contribution is 7.99. The van der Waals surface area contributed by atoms with Crippen molar-refractivity contribution in [2.75, 3.05) is 0 Å². The van der Waals surface area contributed by atoms with Gasteiger partial charge in [0.15, 0.2) is 0 Å². The highest BCUT2D eigenvalue weighted by Crippen LogP contribution is 2.37. The standard InChI is InChI=1S/C15H23N5S/c1-5-12(16)13(15(2,3)4)21-14-17-18-19-20(14)11-9-7-6-8-10-11/h6-10,12-13H,5,16H2,1-4H3. The highest BCUT2D eigenvalue weighted by atomic mass is 32.2. The Labute approximate surface area is 130 Å². The minimum absolute atomic E-state index is 0.0769. The number of tetrazole rings is 1. The third-order valence-corrected chi connectivity index (χ3v) is 5.16. The second-order valence-corrected chi connectivity index (χ2v) is 7.29. The highest BCUT2D eigenvalue weighted by Gasteiger charge is 2.32. The second-order valence-electron chi connectivity index (χ2n) is 6.19. The molecule has 0 aliphatic heterocycles. The summed E-state index contributed by atoms with van der Waals surface area (Å²) in [7, 11) is 0. The number of thioether (sulfide) groups is 1. The first kappa shape index (κ1) is 16.0. The molecule has 0 bridgehead atoms. The molecule has 2 rings (SSSR count). The number of aromatic nitrogens is 4. The van der Waals surface area contributed by atoms with Crippen LogP contribution >= 0.6 is 11.8 Å². The molecule has 21 heavy (non-hydrogen) atoms. The number of rotatable bonds is 5. The van der Waals surface area contributed by atoms with E-state index in [2.05, 4.69) is 43.2 Å². The van der Waals surface area contributed by atoms with Gasteiger partial charge >= 0.3 is 0 Å². The average molecular weight is 305 g/mol. The van der Waals surface area contributed by atoms with E-state index in [4.69, 9.17) is 5.73 Å². The van der Waals surface area contributed by atoms with Gasteiger partial charge in [0.2, 0.25) is 5.16 Å². The molecule has 0 fully saturated rings. The Bertz CT molecular complexity index is 561. The lowest BCUT2D eigenvalue weighted by atomic mass is 9.87. The monoisotopic (exact) mass is 305 g/mol. The van der Waals surface area contributed by atoms with Crippen molar-refractivity contribution in [3.8, 4) is 5.69 Å². The van der Waals surface area contributed by atoms with Crippen molar-refractivity contribution in [3.63, 3.8) is 0 Å². The molecule has 2 unspecified atom stereocenters. The zero-order chi connectivity index (χ0) is 15.5. The Morgan fingerprint density at radius 2 is 1.90 bits per heavy atom. The fraction of sp³-hybridized carbons (Fsp3) is 0.533. The first-order valence-corrected chi connectivity index (χ1v) is 8.07. The fourth-order valence-electron chi connectivity index (χ4n) is 2.22. The SMILES string of the molecule is CCC(N)C(Sc1nnnn1-c1ccccc1)C(C)(C)C. The Morgan fingerprint density at radius 1 is 1.24 bits per heavy atom. The van der Waals surface area contributed by atoms with Crippen molar-refractivity contribution in [2.45, 2.75) is 50.6 Å². The number of hydrogen-bond donors (Lipinski definition) is 1. The van der Waals surface area contributed by atoms with Crippen molar-refractivity contribution in [1.29, 1.82) is 0 Å². The van der Waals surface area contributed by atoms with Gasteiger partial charge in [-0.15, -0.1) is 5.10 Å². The van der Waals surface area contributed by atoms with E-state index in [0.29, 0.717) is 0 Å². The molecule has 0 saturated heterocycles. The van der Waals surface area contributed by atoms with E-state index in [9.17, 15) is 0 Å². The summed E-state index contributed by atoms with van der Waals surface area (Å²) in [6.45, 7) is 8.73. The topological polar surface area (TPSA) is 69.6 Å². The van der Waals surface area contributed by atoms with Crippen molar-refractivity contribution < 1.29 is 0 Å². The van der Waals surface area contributed by atoms with E-state index in [0.717, 1.165) is 17.3 Å². The number of nitrogens with zero attached hydrogens (tertiary/aromatic N) is 4. The summed E-state index contributed by atoms with van der Waals surface area (Å²) < 4.78 is 1.77. The van der Waals surface area contributed by atoms with E-state index in [1.54, 1.807) is 16.4 Å². The van der Waals surface area contributed by atoms with Gasteiger partial charge in [0.05, 0.1) is 5.69 Å². The minimum atomic E-state index is 0.0769. The lowest BCUT2D eigenvalue weighted by Gasteiger charge is -2.33. The van der Waals surface area contributed by atoms with Gasteiger partial charge in [-0.2, -0.15) is 4.68 Å². The van der Waals surface area contributed by atoms with Gasteiger partial charge < -0.3 is 5.73 Å². The van der Waals surface area contributed by atoms with Crippen LogP contribution in [0.4, 0.5) is 0 Å². The maximum absolute atomic E-state index is 6.31. The maximum Gasteiger partial charge on any atom is 0.214 e. The molecule has 0 amide bonds. The van der Waals surface area contributed by atoms with Crippen LogP contribution in [-0.4, -0.2) is 31.5 Å². The van der Waals surface area contributed by atoms with Gasteiger partial charge in [-0.3, -0.25) is 0 Å². The lowest BCUT2D eigenvalue weighted by Crippen LogP contribution is -2.40. The first-order valence-electron chi connectivity index (χ1n) is 7.19. The summed E-state index contributed by atoms with van der Waals surface area (Å²) >= 11 is 1.66. The normalized spacial score (nSPS) is 14.9. The van der Waals surface area contributed by atoms with Gasteiger partial charge in [0, 0.05) is 11.3 Å². The van der Waals surface area contributed by atoms with E-state index in [-0.39, 0.29) is 16.7 Å². The summed E-state index contributed by atoms with van der Waals surface area (Å²) in [4.78, 5) is 0. The molecule has 2 N–H and O–H groups in total. The minimum Gasteiger partial charge on any atom is -0.327 e. The largest absolute Gasteiger partial charge is 0.327 e. The Kier molecular flexibility index (Phi) is 5.00. The van der Waals surface area contributed by atoms with Crippen LogP contribution in [0, 0.1) is 5.41 Å². The fourth-order valence-corrected chi connectivity index (χ4v) is 3.49. The Morgan fingerprint density at radius 3 is 2.48 bits per heavy atom. The summed E-state index contributed by atoms with van der Waals surface area (Å²) in [6, 6.07) is 10.0. The summed E-state index contributed by atoms with van der Waals surface area (Å²) in [6.07, 6.45) is 0.932. The van der Waals surface area contributed by atoms with Crippen LogP contribution < -0.4 is 5.73 Å². The molecule has 2 atom stereocenters. The lowest BCUT2D eigenvalue weighted by molar-refractivity contribution is 0.349.